The molecule has 0 spiro atoms. The van der Waals surface area contributed by atoms with Gasteiger partial charge in [-0.2, -0.15) is 13.2 Å². The SMILES string of the molecule is Cc1cc(C(=O)N[C@@H]2CCC[C@H](Nc3cc(C(F)(F)F)nc4ccc(Cl)cc34)C2)cn1CCF. The van der Waals surface area contributed by atoms with Crippen LogP contribution < -0.4 is 10.6 Å². The van der Waals surface area contributed by atoms with Crippen LogP contribution in [0.15, 0.2) is 36.5 Å². The first kappa shape index (κ1) is 24.3. The van der Waals surface area contributed by atoms with E-state index < -0.39 is 18.5 Å². The monoisotopic (exact) mass is 496 g/mol. The second-order valence-electron chi connectivity index (χ2n) is 8.65. The summed E-state index contributed by atoms with van der Waals surface area (Å²) < 4.78 is 54.6. The van der Waals surface area contributed by atoms with Crippen LogP contribution in [-0.4, -0.2) is 34.2 Å². The fourth-order valence-corrected chi connectivity index (χ4v) is 4.65. The van der Waals surface area contributed by atoms with Gasteiger partial charge in [0, 0.05) is 40.1 Å². The van der Waals surface area contributed by atoms with E-state index >= 15 is 0 Å². The first-order chi connectivity index (χ1) is 16.1. The highest BCUT2D eigenvalue weighted by atomic mass is 35.5. The fourth-order valence-electron chi connectivity index (χ4n) is 4.47. The summed E-state index contributed by atoms with van der Waals surface area (Å²) in [6, 6.07) is 7.03. The highest BCUT2D eigenvalue weighted by molar-refractivity contribution is 6.31. The summed E-state index contributed by atoms with van der Waals surface area (Å²) in [6.07, 6.45) is -0.0602. The number of benzene rings is 1. The van der Waals surface area contributed by atoms with E-state index in [9.17, 15) is 22.4 Å². The van der Waals surface area contributed by atoms with Gasteiger partial charge in [-0.1, -0.05) is 11.6 Å². The van der Waals surface area contributed by atoms with E-state index in [1.165, 1.54) is 12.1 Å². The number of fused-ring (bicyclic) bond motifs is 1. The van der Waals surface area contributed by atoms with Crippen LogP contribution in [0, 0.1) is 6.92 Å². The van der Waals surface area contributed by atoms with Crippen molar-refractivity contribution in [3.8, 4) is 0 Å². The van der Waals surface area contributed by atoms with E-state index in [-0.39, 0.29) is 30.1 Å². The number of anilines is 1. The molecule has 5 nitrogen and oxygen atoms in total. The largest absolute Gasteiger partial charge is 0.433 e. The number of carbonyl (C=O) groups is 1. The number of alkyl halides is 4. The molecule has 1 saturated carbocycles. The van der Waals surface area contributed by atoms with Gasteiger partial charge in [-0.15, -0.1) is 0 Å². The van der Waals surface area contributed by atoms with Gasteiger partial charge in [0.25, 0.3) is 5.91 Å². The zero-order valence-corrected chi connectivity index (χ0v) is 19.3. The molecule has 1 aliphatic carbocycles. The van der Waals surface area contributed by atoms with Gasteiger partial charge < -0.3 is 15.2 Å². The maximum Gasteiger partial charge on any atom is 0.433 e. The highest BCUT2D eigenvalue weighted by Crippen LogP contribution is 2.35. The van der Waals surface area contributed by atoms with Gasteiger partial charge in [-0.05, 0) is 62.9 Å². The van der Waals surface area contributed by atoms with E-state index in [0.717, 1.165) is 31.0 Å². The molecule has 0 aliphatic heterocycles. The molecule has 2 atom stereocenters. The molecule has 1 amide bonds. The predicted octanol–water partition coefficient (Wildman–Crippen LogP) is 6.14. The first-order valence-corrected chi connectivity index (χ1v) is 11.5. The minimum absolute atomic E-state index is 0.136. The second-order valence-corrected chi connectivity index (χ2v) is 9.08. The summed E-state index contributed by atoms with van der Waals surface area (Å²) >= 11 is 6.09. The molecule has 182 valence electrons. The average Bonchev–Trinajstić information content (AvgIpc) is 3.14. The van der Waals surface area contributed by atoms with E-state index in [1.54, 1.807) is 22.9 Å². The predicted molar refractivity (Wildman–Crippen MR) is 124 cm³/mol. The van der Waals surface area contributed by atoms with Crippen molar-refractivity contribution < 1.29 is 22.4 Å². The Bertz CT molecular complexity index is 1190. The zero-order valence-electron chi connectivity index (χ0n) is 18.6. The number of halogens is 5. The fraction of sp³-hybridized carbons (Fsp3) is 0.417. The third-order valence-corrected chi connectivity index (χ3v) is 6.37. The van der Waals surface area contributed by atoms with Gasteiger partial charge in [-0.25, -0.2) is 9.37 Å². The van der Waals surface area contributed by atoms with Gasteiger partial charge >= 0.3 is 6.18 Å². The Morgan fingerprint density at radius 3 is 2.71 bits per heavy atom. The van der Waals surface area contributed by atoms with Gasteiger partial charge in [-0.3, -0.25) is 4.79 Å². The van der Waals surface area contributed by atoms with Crippen LogP contribution in [0.3, 0.4) is 0 Å². The van der Waals surface area contributed by atoms with Crippen molar-refractivity contribution in [2.24, 2.45) is 0 Å². The number of nitrogens with zero attached hydrogens (tertiary/aromatic N) is 2. The Labute approximate surface area is 199 Å². The van der Waals surface area contributed by atoms with Crippen molar-refractivity contribution in [2.75, 3.05) is 12.0 Å². The third-order valence-electron chi connectivity index (χ3n) is 6.13. The van der Waals surface area contributed by atoms with E-state index in [0.29, 0.717) is 28.1 Å². The van der Waals surface area contributed by atoms with Gasteiger partial charge in [0.1, 0.15) is 12.4 Å². The highest BCUT2D eigenvalue weighted by Gasteiger charge is 2.34. The summed E-state index contributed by atoms with van der Waals surface area (Å²) in [7, 11) is 0. The van der Waals surface area contributed by atoms with Crippen molar-refractivity contribution in [3.05, 3.63) is 58.5 Å². The van der Waals surface area contributed by atoms with Gasteiger partial charge in [0.15, 0.2) is 0 Å². The van der Waals surface area contributed by atoms with Crippen LogP contribution in [0.1, 0.15) is 47.4 Å². The number of carbonyl (C=O) groups excluding carboxylic acids is 1. The number of pyridine rings is 1. The third kappa shape index (κ3) is 5.46. The Morgan fingerprint density at radius 2 is 1.97 bits per heavy atom. The molecule has 0 radical (unpaired) electrons. The minimum atomic E-state index is -4.58. The second kappa shape index (κ2) is 9.82. The molecule has 2 heterocycles. The lowest BCUT2D eigenvalue weighted by Gasteiger charge is -2.31. The molecule has 34 heavy (non-hydrogen) atoms. The van der Waals surface area contributed by atoms with Crippen molar-refractivity contribution in [2.45, 2.75) is 57.4 Å². The average molecular weight is 497 g/mol. The Hall–Kier alpha value is -2.81. The quantitative estimate of drug-likeness (QED) is 0.403. The topological polar surface area (TPSA) is 59.0 Å². The Morgan fingerprint density at radius 1 is 1.21 bits per heavy atom. The molecule has 1 aliphatic rings. The Balaban J connectivity index is 1.50. The van der Waals surface area contributed by atoms with Crippen molar-refractivity contribution >= 4 is 34.1 Å². The molecule has 3 aromatic rings. The van der Waals surface area contributed by atoms with Crippen LogP contribution in [0.2, 0.25) is 5.02 Å². The number of hydrogen-bond donors (Lipinski definition) is 2. The van der Waals surface area contributed by atoms with Crippen molar-refractivity contribution in [1.82, 2.24) is 14.9 Å². The van der Waals surface area contributed by atoms with Crippen LogP contribution >= 0.6 is 11.6 Å². The summed E-state index contributed by atoms with van der Waals surface area (Å²) in [5.41, 5.74) is 0.810. The number of aryl methyl sites for hydroxylation is 2. The maximum atomic E-state index is 13.4. The lowest BCUT2D eigenvalue weighted by Crippen LogP contribution is -2.41. The molecule has 2 N–H and O–H groups in total. The first-order valence-electron chi connectivity index (χ1n) is 11.1. The number of rotatable bonds is 6. The summed E-state index contributed by atoms with van der Waals surface area (Å²) in [5, 5.41) is 7.17. The van der Waals surface area contributed by atoms with Crippen LogP contribution in [0.4, 0.5) is 23.2 Å². The molecule has 0 bridgehead atoms. The lowest BCUT2D eigenvalue weighted by atomic mass is 9.90. The smallest absolute Gasteiger partial charge is 0.382 e. The van der Waals surface area contributed by atoms with E-state index in [1.807, 2.05) is 6.92 Å². The van der Waals surface area contributed by atoms with E-state index in [4.69, 9.17) is 11.6 Å². The van der Waals surface area contributed by atoms with Crippen LogP contribution in [0.5, 0.6) is 0 Å². The molecule has 4 rings (SSSR count). The van der Waals surface area contributed by atoms with Crippen LogP contribution in [-0.2, 0) is 12.7 Å². The molecular formula is C24H25ClF4N4O. The summed E-state index contributed by atoms with van der Waals surface area (Å²) in [5.74, 6) is -0.244. The molecule has 2 aromatic heterocycles. The number of hydrogen-bond acceptors (Lipinski definition) is 3. The number of nitrogens with one attached hydrogen (secondary N) is 2. The van der Waals surface area contributed by atoms with Gasteiger partial charge in [0.05, 0.1) is 17.6 Å². The molecule has 0 saturated heterocycles. The molecule has 1 aromatic carbocycles. The zero-order chi connectivity index (χ0) is 24.5. The Kier molecular flexibility index (Phi) is 7.02. The normalized spacial score (nSPS) is 18.8. The molecule has 10 heteroatoms. The van der Waals surface area contributed by atoms with Crippen molar-refractivity contribution in [1.29, 1.82) is 0 Å². The molecule has 0 unspecified atom stereocenters. The summed E-state index contributed by atoms with van der Waals surface area (Å²) in [4.78, 5) is 16.5. The van der Waals surface area contributed by atoms with Crippen LogP contribution in [0.25, 0.3) is 10.9 Å². The van der Waals surface area contributed by atoms with E-state index in [2.05, 4.69) is 15.6 Å². The van der Waals surface area contributed by atoms with Crippen molar-refractivity contribution in [3.63, 3.8) is 0 Å². The maximum absolute atomic E-state index is 13.4. The summed E-state index contributed by atoms with van der Waals surface area (Å²) in [6.45, 7) is 1.49. The van der Waals surface area contributed by atoms with Gasteiger partial charge in [0.2, 0.25) is 0 Å². The number of aromatic nitrogens is 2. The lowest BCUT2D eigenvalue weighted by molar-refractivity contribution is -0.140. The number of amides is 1. The molecular weight excluding hydrogens is 472 g/mol. The minimum Gasteiger partial charge on any atom is -0.382 e. The standard InChI is InChI=1S/C24H25ClF4N4O/c1-14-9-15(13-33(14)8-7-26)23(34)31-18-4-2-3-17(11-18)30-21-12-22(24(27,28)29)32-20-6-5-16(25)10-19(20)21/h5-6,9-10,12-13,17-18H,2-4,7-8,11H2,1H3,(H,30,32)(H,31,34)/t17-,18+/m0/s1. The molecule has 1 fully saturated rings.